The quantitative estimate of drug-likeness (QED) is 0.143. The van der Waals surface area contributed by atoms with Gasteiger partial charge in [-0.2, -0.15) is 0 Å². The van der Waals surface area contributed by atoms with Crippen molar-refractivity contribution in [3.05, 3.63) is 11.8 Å². The number of fused-ring (bicyclic) bond motifs is 5. The van der Waals surface area contributed by atoms with Crippen molar-refractivity contribution in [2.45, 2.75) is 144 Å². The summed E-state index contributed by atoms with van der Waals surface area (Å²) in [6, 6.07) is -1.31. The highest BCUT2D eigenvalue weighted by Crippen LogP contribution is 2.53. The van der Waals surface area contributed by atoms with Crippen LogP contribution in [0.15, 0.2) is 11.8 Å². The molecule has 344 valence electrons. The monoisotopic (exact) mass is 866 g/mol. The minimum atomic E-state index is -1.33. The Morgan fingerprint density at radius 3 is 2.05 bits per heavy atom. The van der Waals surface area contributed by atoms with Crippen molar-refractivity contribution in [3.8, 4) is 0 Å². The van der Waals surface area contributed by atoms with E-state index < -0.39 is 30.3 Å². The molecule has 10 aliphatic rings. The van der Waals surface area contributed by atoms with Gasteiger partial charge in [0.15, 0.2) is 5.78 Å². The summed E-state index contributed by atoms with van der Waals surface area (Å²) in [7, 11) is 0. The Labute approximate surface area is 366 Å². The Bertz CT molecular complexity index is 1680. The van der Waals surface area contributed by atoms with Gasteiger partial charge in [-0.25, -0.2) is 4.39 Å². The lowest BCUT2D eigenvalue weighted by atomic mass is 9.67. The summed E-state index contributed by atoms with van der Waals surface area (Å²) < 4.78 is 31.0. The maximum Gasteiger partial charge on any atom is 0.259 e. The predicted octanol–water partition coefficient (Wildman–Crippen LogP) is 0.632. The fraction of sp³-hybridized carbons (Fsp3) is 0.870. The van der Waals surface area contributed by atoms with E-state index in [0.717, 1.165) is 78.0 Å². The van der Waals surface area contributed by atoms with Crippen LogP contribution in [-0.2, 0) is 28.7 Å². The lowest BCUT2D eigenvalue weighted by Gasteiger charge is -2.61. The fourth-order valence-electron chi connectivity index (χ4n) is 13.6. The molecule has 0 aromatic rings. The predicted molar refractivity (Wildman–Crippen MR) is 230 cm³/mol. The molecule has 0 spiro atoms. The topological polar surface area (TPSA) is 151 Å². The van der Waals surface area contributed by atoms with Crippen molar-refractivity contribution in [2.75, 3.05) is 91.6 Å². The van der Waals surface area contributed by atoms with Crippen LogP contribution in [0.2, 0.25) is 0 Å². The number of nitrogens with zero attached hydrogens (tertiary/aromatic N) is 5. The zero-order valence-electron chi connectivity index (χ0n) is 36.7. The zero-order chi connectivity index (χ0) is 42.3. The van der Waals surface area contributed by atoms with E-state index in [2.05, 4.69) is 40.9 Å². The first-order valence-electron chi connectivity index (χ1n) is 24.7. The summed E-state index contributed by atoms with van der Waals surface area (Å²) in [6.45, 7) is 10.4. The van der Waals surface area contributed by atoms with E-state index in [1.807, 2.05) is 6.20 Å². The molecular formula is C46H72FN9O6. The van der Waals surface area contributed by atoms with Crippen LogP contribution in [0, 0.1) is 17.8 Å². The number of ketones is 1. The molecule has 10 rings (SSSR count). The van der Waals surface area contributed by atoms with Crippen molar-refractivity contribution in [2.24, 2.45) is 17.8 Å². The average Bonchev–Trinajstić information content (AvgIpc) is 4.13. The highest BCUT2D eigenvalue weighted by atomic mass is 19.1. The molecule has 4 N–H and O–H groups in total. The number of nitrogens with one attached hydrogen (secondary N) is 4. The molecule has 7 aliphatic heterocycles. The van der Waals surface area contributed by atoms with Gasteiger partial charge in [-0.3, -0.25) is 24.1 Å². The number of Topliss-reactive ketones (excluding diaryl/α,β-unsaturated/α-hetero) is 1. The second-order valence-corrected chi connectivity index (χ2v) is 20.5. The lowest BCUT2D eigenvalue weighted by Crippen LogP contribution is -2.73. The van der Waals surface area contributed by atoms with Crippen LogP contribution in [0.25, 0.3) is 0 Å². The second-order valence-electron chi connectivity index (χ2n) is 20.5. The van der Waals surface area contributed by atoms with Crippen molar-refractivity contribution in [1.82, 2.24) is 45.8 Å². The van der Waals surface area contributed by atoms with Crippen molar-refractivity contribution in [3.63, 3.8) is 0 Å². The molecule has 3 saturated carbocycles. The van der Waals surface area contributed by atoms with Crippen molar-refractivity contribution in [1.29, 1.82) is 0 Å². The molecule has 11 unspecified atom stereocenters. The molecule has 15 nitrogen and oxygen atoms in total. The molecular weight excluding hydrogens is 794 g/mol. The normalized spacial score (nSPS) is 39.6. The molecule has 62 heavy (non-hydrogen) atoms. The number of hydrogen-bond acceptors (Lipinski definition) is 12. The SMILES string of the molecule is O=C(CNCCN1CCCC1)N[C@@H]1CCN(C(=O)C2=CN3C4CC5OC6CCCCC6C5CC4OC4C(N5CC[C@@H](NC(=O)CNCCN6CCCC6)C5)C(F)CC(C2=O)C43)C1. The summed E-state index contributed by atoms with van der Waals surface area (Å²) in [4.78, 5) is 65.9. The smallest absolute Gasteiger partial charge is 0.259 e. The summed E-state index contributed by atoms with van der Waals surface area (Å²) in [5, 5.41) is 12.9. The maximum atomic E-state index is 17.0. The molecule has 9 fully saturated rings. The van der Waals surface area contributed by atoms with Crippen molar-refractivity contribution >= 4 is 23.5 Å². The molecule has 13 atom stereocenters. The minimum Gasteiger partial charge on any atom is -0.374 e. The molecule has 0 aromatic carbocycles. The number of halogens is 1. The molecule has 3 aliphatic carbocycles. The maximum absolute atomic E-state index is 17.0. The molecule has 0 radical (unpaired) electrons. The van der Waals surface area contributed by atoms with Crippen LogP contribution in [0.5, 0.6) is 0 Å². The molecule has 3 amide bonds. The van der Waals surface area contributed by atoms with Gasteiger partial charge >= 0.3 is 0 Å². The van der Waals surface area contributed by atoms with Crippen LogP contribution < -0.4 is 21.3 Å². The Morgan fingerprint density at radius 2 is 1.34 bits per heavy atom. The van der Waals surface area contributed by atoms with Gasteiger partial charge in [-0.15, -0.1) is 0 Å². The number of amides is 3. The van der Waals surface area contributed by atoms with Crippen LogP contribution in [-0.4, -0.2) is 200 Å². The molecule has 16 heteroatoms. The van der Waals surface area contributed by atoms with E-state index in [9.17, 15) is 19.2 Å². The number of likely N-dealkylation sites (tertiary alicyclic amines) is 4. The van der Waals surface area contributed by atoms with Gasteiger partial charge in [-0.1, -0.05) is 12.8 Å². The van der Waals surface area contributed by atoms with Gasteiger partial charge in [0.2, 0.25) is 11.8 Å². The largest absolute Gasteiger partial charge is 0.374 e. The second kappa shape index (κ2) is 19.0. The van der Waals surface area contributed by atoms with Crippen LogP contribution in [0.1, 0.15) is 83.5 Å². The standard InChI is InChI=1S/C46H72FN9O6/c47-35-21-33-42-45(43(35)54-17-9-29(26-54)50-40(57)24-48-11-19-52-13-3-4-14-52)62-39-22-32-31-7-1-2-8-37(31)61-38(32)23-36(39)56(42)28-34(44(33)59)46(60)55-18-10-30(27-55)51-41(58)25-49-12-20-53-15-5-6-16-53/h28-33,35-39,42-43,45,48-49H,1-27H2,(H,50,57)(H,51,58)/t29-,30-,31?,32?,33?,35?,36?,37?,38?,39?,42?,43?,45?/m1/s1. The van der Waals surface area contributed by atoms with Crippen LogP contribution >= 0.6 is 0 Å². The van der Waals surface area contributed by atoms with Gasteiger partial charge in [0, 0.05) is 76.6 Å². The average molecular weight is 866 g/mol. The third-order valence-electron chi connectivity index (χ3n) is 16.7. The fourth-order valence-corrected chi connectivity index (χ4v) is 13.6. The summed E-state index contributed by atoms with van der Waals surface area (Å²) in [5.41, 5.74) is 0.132. The van der Waals surface area contributed by atoms with E-state index in [-0.39, 0.29) is 85.0 Å². The Hall–Kier alpha value is -2.73. The Kier molecular flexibility index (Phi) is 13.2. The van der Waals surface area contributed by atoms with E-state index >= 15 is 4.39 Å². The number of carbonyl (C=O) groups is 4. The van der Waals surface area contributed by atoms with Gasteiger partial charge in [-0.05, 0) is 109 Å². The molecule has 0 bridgehead atoms. The number of rotatable bonds is 14. The first kappa shape index (κ1) is 43.2. The Balaban J connectivity index is 0.816. The number of morpholine rings is 1. The summed E-state index contributed by atoms with van der Waals surface area (Å²) in [5.74, 6) is -0.551. The number of alkyl halides is 1. The van der Waals surface area contributed by atoms with Crippen molar-refractivity contribution < 1.29 is 33.0 Å². The van der Waals surface area contributed by atoms with Gasteiger partial charge < -0.3 is 50.3 Å². The summed E-state index contributed by atoms with van der Waals surface area (Å²) >= 11 is 0. The van der Waals surface area contributed by atoms with Gasteiger partial charge in [0.25, 0.3) is 5.91 Å². The molecule has 7 heterocycles. The van der Waals surface area contributed by atoms with Gasteiger partial charge in [0.1, 0.15) is 6.17 Å². The summed E-state index contributed by atoms with van der Waals surface area (Å²) in [6.07, 6.45) is 12.8. The third kappa shape index (κ3) is 8.96. The Morgan fingerprint density at radius 1 is 0.677 bits per heavy atom. The lowest BCUT2D eigenvalue weighted by molar-refractivity contribution is -0.220. The first-order valence-corrected chi connectivity index (χ1v) is 24.7. The van der Waals surface area contributed by atoms with E-state index in [4.69, 9.17) is 9.47 Å². The van der Waals surface area contributed by atoms with Gasteiger partial charge in [0.05, 0.1) is 61.2 Å². The van der Waals surface area contributed by atoms with E-state index in [0.29, 0.717) is 44.4 Å². The minimum absolute atomic E-state index is 0.0249. The number of ether oxygens (including phenoxy) is 2. The first-order chi connectivity index (χ1) is 30.3. The van der Waals surface area contributed by atoms with E-state index in [1.165, 1.54) is 44.9 Å². The number of hydrogen-bond donors (Lipinski definition) is 4. The van der Waals surface area contributed by atoms with E-state index in [1.54, 1.807) is 4.90 Å². The molecule has 6 saturated heterocycles. The third-order valence-corrected chi connectivity index (χ3v) is 16.7. The highest BCUT2D eigenvalue weighted by Gasteiger charge is 2.62. The van der Waals surface area contributed by atoms with Crippen LogP contribution in [0.3, 0.4) is 0 Å². The highest BCUT2D eigenvalue weighted by molar-refractivity contribution is 6.20. The molecule has 0 aromatic heterocycles. The zero-order valence-corrected chi connectivity index (χ0v) is 36.7. The van der Waals surface area contributed by atoms with Crippen LogP contribution in [0.4, 0.5) is 4.39 Å². The number of carbonyl (C=O) groups excluding carboxylic acids is 4.